The molecule has 2 N–H and O–H groups in total. The zero-order valence-corrected chi connectivity index (χ0v) is 12.6. The standard InChI is InChI=1S/C15H13Cl2NO3/c16-11-1-2-12(17)10(3-11)7-19-13-5-15-14(20-8-21-15)4-9(13)6-18/h1-5H,6-8,18H2. The summed E-state index contributed by atoms with van der Waals surface area (Å²) in [6.45, 7) is 0.851. The first-order valence-corrected chi connectivity index (χ1v) is 7.12. The monoisotopic (exact) mass is 325 g/mol. The van der Waals surface area contributed by atoms with Crippen molar-refractivity contribution in [2.75, 3.05) is 6.79 Å². The molecule has 0 atom stereocenters. The molecule has 6 heteroatoms. The minimum atomic E-state index is 0.211. The molecule has 1 aliphatic heterocycles. The molecule has 21 heavy (non-hydrogen) atoms. The Morgan fingerprint density at radius 1 is 1.05 bits per heavy atom. The molecule has 2 aromatic carbocycles. The van der Waals surface area contributed by atoms with E-state index in [1.165, 1.54) is 0 Å². The Kier molecular flexibility index (Phi) is 4.10. The van der Waals surface area contributed by atoms with Crippen LogP contribution < -0.4 is 19.9 Å². The van der Waals surface area contributed by atoms with Crippen LogP contribution in [0.15, 0.2) is 30.3 Å². The molecule has 0 spiro atoms. The first-order valence-electron chi connectivity index (χ1n) is 6.36. The van der Waals surface area contributed by atoms with Gasteiger partial charge in [0.2, 0.25) is 6.79 Å². The normalized spacial score (nSPS) is 12.5. The van der Waals surface area contributed by atoms with Crippen LogP contribution in [0.4, 0.5) is 0 Å². The molecular formula is C15H13Cl2NO3. The van der Waals surface area contributed by atoms with Crippen LogP contribution in [0.1, 0.15) is 11.1 Å². The maximum absolute atomic E-state index is 6.12. The molecule has 0 aromatic heterocycles. The number of benzene rings is 2. The lowest BCUT2D eigenvalue weighted by Crippen LogP contribution is -2.03. The summed E-state index contributed by atoms with van der Waals surface area (Å²) in [6.07, 6.45) is 0. The molecule has 4 nitrogen and oxygen atoms in total. The van der Waals surface area contributed by atoms with E-state index in [1.54, 1.807) is 24.3 Å². The van der Waals surface area contributed by atoms with Crippen molar-refractivity contribution in [3.63, 3.8) is 0 Å². The summed E-state index contributed by atoms with van der Waals surface area (Å²) >= 11 is 12.1. The summed E-state index contributed by atoms with van der Waals surface area (Å²) < 4.78 is 16.5. The minimum absolute atomic E-state index is 0.211. The predicted octanol–water partition coefficient (Wildman–Crippen LogP) is 3.76. The molecule has 0 bridgehead atoms. The lowest BCUT2D eigenvalue weighted by molar-refractivity contribution is 0.173. The summed E-state index contributed by atoms with van der Waals surface area (Å²) in [4.78, 5) is 0. The molecule has 0 fully saturated rings. The van der Waals surface area contributed by atoms with Gasteiger partial charge in [0, 0.05) is 33.8 Å². The van der Waals surface area contributed by atoms with Gasteiger partial charge in [0.1, 0.15) is 12.4 Å². The van der Waals surface area contributed by atoms with E-state index in [4.69, 9.17) is 43.1 Å². The van der Waals surface area contributed by atoms with E-state index in [2.05, 4.69) is 0 Å². The van der Waals surface area contributed by atoms with E-state index in [1.807, 2.05) is 6.07 Å². The van der Waals surface area contributed by atoms with Crippen molar-refractivity contribution in [3.8, 4) is 17.2 Å². The zero-order valence-electron chi connectivity index (χ0n) is 11.1. The third-order valence-electron chi connectivity index (χ3n) is 3.17. The molecule has 0 unspecified atom stereocenters. The van der Waals surface area contributed by atoms with Crippen LogP contribution >= 0.6 is 23.2 Å². The van der Waals surface area contributed by atoms with Crippen molar-refractivity contribution >= 4 is 23.2 Å². The summed E-state index contributed by atoms with van der Waals surface area (Å²) in [5.74, 6) is 1.99. The Labute approximate surface area is 132 Å². The van der Waals surface area contributed by atoms with E-state index in [0.717, 1.165) is 11.1 Å². The van der Waals surface area contributed by atoms with E-state index < -0.39 is 0 Å². The van der Waals surface area contributed by atoms with Crippen molar-refractivity contribution in [1.29, 1.82) is 0 Å². The van der Waals surface area contributed by atoms with Crippen molar-refractivity contribution in [2.45, 2.75) is 13.2 Å². The highest BCUT2D eigenvalue weighted by Gasteiger charge is 2.17. The summed E-state index contributed by atoms with van der Waals surface area (Å²) in [6, 6.07) is 8.87. The molecule has 0 amide bonds. The molecule has 3 rings (SSSR count). The van der Waals surface area contributed by atoms with E-state index in [9.17, 15) is 0 Å². The van der Waals surface area contributed by atoms with Crippen LogP contribution in [0, 0.1) is 0 Å². The van der Waals surface area contributed by atoms with Crippen molar-refractivity contribution in [3.05, 3.63) is 51.5 Å². The molecule has 110 valence electrons. The fourth-order valence-electron chi connectivity index (χ4n) is 2.07. The average Bonchev–Trinajstić information content (AvgIpc) is 2.94. The lowest BCUT2D eigenvalue weighted by atomic mass is 10.1. The van der Waals surface area contributed by atoms with Crippen LogP contribution in [-0.2, 0) is 13.2 Å². The largest absolute Gasteiger partial charge is 0.488 e. The third kappa shape index (κ3) is 3.02. The first-order chi connectivity index (χ1) is 10.2. The van der Waals surface area contributed by atoms with Crippen LogP contribution in [-0.4, -0.2) is 6.79 Å². The van der Waals surface area contributed by atoms with E-state index >= 15 is 0 Å². The third-order valence-corrected chi connectivity index (χ3v) is 3.77. The maximum atomic E-state index is 6.12. The lowest BCUT2D eigenvalue weighted by Gasteiger charge is -2.12. The summed E-state index contributed by atoms with van der Waals surface area (Å²) in [7, 11) is 0. The summed E-state index contributed by atoms with van der Waals surface area (Å²) in [5, 5.41) is 1.22. The quantitative estimate of drug-likeness (QED) is 0.929. The van der Waals surface area contributed by atoms with Gasteiger partial charge in [-0.05, 0) is 24.3 Å². The Morgan fingerprint density at radius 3 is 2.57 bits per heavy atom. The van der Waals surface area contributed by atoms with Gasteiger partial charge in [0.05, 0.1) is 0 Å². The minimum Gasteiger partial charge on any atom is -0.488 e. The highest BCUT2D eigenvalue weighted by atomic mass is 35.5. The smallest absolute Gasteiger partial charge is 0.231 e. The Hall–Kier alpha value is -1.62. The number of hydrogen-bond acceptors (Lipinski definition) is 4. The molecule has 0 saturated heterocycles. The predicted molar refractivity (Wildman–Crippen MR) is 81.3 cm³/mol. The highest BCUT2D eigenvalue weighted by Crippen LogP contribution is 2.38. The van der Waals surface area contributed by atoms with Crippen LogP contribution in [0.25, 0.3) is 0 Å². The molecular weight excluding hydrogens is 313 g/mol. The Morgan fingerprint density at radius 2 is 1.81 bits per heavy atom. The van der Waals surface area contributed by atoms with Gasteiger partial charge in [0.15, 0.2) is 11.5 Å². The van der Waals surface area contributed by atoms with Gasteiger partial charge in [-0.1, -0.05) is 23.2 Å². The number of ether oxygens (including phenoxy) is 3. The SMILES string of the molecule is NCc1cc2c(cc1OCc1cc(Cl)ccc1Cl)OCO2. The average molecular weight is 326 g/mol. The topological polar surface area (TPSA) is 53.7 Å². The summed E-state index contributed by atoms with van der Waals surface area (Å²) in [5.41, 5.74) is 7.40. The van der Waals surface area contributed by atoms with Crippen molar-refractivity contribution in [1.82, 2.24) is 0 Å². The molecule has 1 heterocycles. The fraction of sp³-hybridized carbons (Fsp3) is 0.200. The van der Waals surface area contributed by atoms with Crippen LogP contribution in [0.3, 0.4) is 0 Å². The van der Waals surface area contributed by atoms with Gasteiger partial charge in [-0.2, -0.15) is 0 Å². The fourth-order valence-corrected chi connectivity index (χ4v) is 2.44. The molecule has 0 saturated carbocycles. The van der Waals surface area contributed by atoms with Gasteiger partial charge >= 0.3 is 0 Å². The number of hydrogen-bond donors (Lipinski definition) is 1. The van der Waals surface area contributed by atoms with Crippen molar-refractivity contribution < 1.29 is 14.2 Å². The molecule has 2 aromatic rings. The number of nitrogens with two attached hydrogens (primary N) is 1. The van der Waals surface area contributed by atoms with Gasteiger partial charge in [-0.3, -0.25) is 0 Å². The Bertz CT molecular complexity index is 676. The van der Waals surface area contributed by atoms with E-state index in [0.29, 0.717) is 40.4 Å². The van der Waals surface area contributed by atoms with Gasteiger partial charge in [0.25, 0.3) is 0 Å². The van der Waals surface area contributed by atoms with Gasteiger partial charge in [-0.15, -0.1) is 0 Å². The number of rotatable bonds is 4. The van der Waals surface area contributed by atoms with Gasteiger partial charge in [-0.25, -0.2) is 0 Å². The van der Waals surface area contributed by atoms with Crippen LogP contribution in [0.5, 0.6) is 17.2 Å². The van der Waals surface area contributed by atoms with Gasteiger partial charge < -0.3 is 19.9 Å². The molecule has 0 radical (unpaired) electrons. The highest BCUT2D eigenvalue weighted by molar-refractivity contribution is 6.33. The Balaban J connectivity index is 1.83. The van der Waals surface area contributed by atoms with Crippen molar-refractivity contribution in [2.24, 2.45) is 5.73 Å². The molecule has 0 aliphatic carbocycles. The second kappa shape index (κ2) is 6.02. The second-order valence-corrected chi connectivity index (χ2v) is 5.39. The second-order valence-electron chi connectivity index (χ2n) is 4.54. The number of halogens is 2. The maximum Gasteiger partial charge on any atom is 0.231 e. The van der Waals surface area contributed by atoms with E-state index in [-0.39, 0.29) is 6.79 Å². The molecule has 1 aliphatic rings. The first kappa shape index (κ1) is 14.3. The van der Waals surface area contributed by atoms with Crippen LogP contribution in [0.2, 0.25) is 10.0 Å². The zero-order chi connectivity index (χ0) is 14.8. The number of fused-ring (bicyclic) bond motifs is 1.